The first-order chi connectivity index (χ1) is 9.26. The van der Waals surface area contributed by atoms with Crippen molar-refractivity contribution >= 4 is 32.6 Å². The van der Waals surface area contributed by atoms with Crippen molar-refractivity contribution in [3.8, 4) is 0 Å². The summed E-state index contributed by atoms with van der Waals surface area (Å²) in [4.78, 5) is 0. The van der Waals surface area contributed by atoms with Crippen molar-refractivity contribution in [2.45, 2.75) is 45.0 Å². The minimum atomic E-state index is -3.25. The molecule has 0 aliphatic heterocycles. The number of ether oxygens (including phenoxy) is 1. The van der Waals surface area contributed by atoms with Gasteiger partial charge >= 0.3 is 131 Å². The Morgan fingerprint density at radius 3 is 1.80 bits per heavy atom. The van der Waals surface area contributed by atoms with Crippen molar-refractivity contribution < 1.29 is 18.3 Å². The van der Waals surface area contributed by atoms with Gasteiger partial charge < -0.3 is 0 Å². The van der Waals surface area contributed by atoms with Gasteiger partial charge in [-0.2, -0.15) is 0 Å². The second kappa shape index (κ2) is 9.57. The van der Waals surface area contributed by atoms with Crippen molar-refractivity contribution in [3.63, 3.8) is 0 Å². The summed E-state index contributed by atoms with van der Waals surface area (Å²) in [5.41, 5.74) is 0. The summed E-state index contributed by atoms with van der Waals surface area (Å²) < 4.78 is 30.9. The van der Waals surface area contributed by atoms with E-state index >= 15 is 0 Å². The van der Waals surface area contributed by atoms with Crippen LogP contribution in [0.1, 0.15) is 27.7 Å². The van der Waals surface area contributed by atoms with Crippen LogP contribution in [0, 0.1) is 0 Å². The van der Waals surface area contributed by atoms with E-state index in [2.05, 4.69) is 24.2 Å². The van der Waals surface area contributed by atoms with Crippen LogP contribution in [0.25, 0.3) is 0 Å². The van der Waals surface area contributed by atoms with Gasteiger partial charge in [-0.25, -0.2) is 0 Å². The number of thioether (sulfide) groups is 1. The van der Waals surface area contributed by atoms with Crippen LogP contribution < -0.4 is 0 Å². The van der Waals surface area contributed by atoms with E-state index in [1.807, 2.05) is 20.8 Å². The van der Waals surface area contributed by atoms with Gasteiger partial charge in [0.15, 0.2) is 0 Å². The average Bonchev–Trinajstić information content (AvgIpc) is 2.28. The first-order valence-corrected chi connectivity index (χ1v) is 17.0. The Labute approximate surface area is 130 Å². The van der Waals surface area contributed by atoms with Gasteiger partial charge in [-0.05, 0) is 0 Å². The van der Waals surface area contributed by atoms with E-state index < -0.39 is 20.9 Å². The third-order valence-corrected chi connectivity index (χ3v) is 14.3. The van der Waals surface area contributed by atoms with Crippen LogP contribution in [0.4, 0.5) is 0 Å². The SMILES string of the molecule is CCO/C(SCC)=[C](\P(=O)(OCC)OCC)[Ge]([CH3])([CH3])[CH3]. The van der Waals surface area contributed by atoms with E-state index in [-0.39, 0.29) is 0 Å². The van der Waals surface area contributed by atoms with E-state index in [1.54, 1.807) is 11.8 Å². The van der Waals surface area contributed by atoms with E-state index in [4.69, 9.17) is 13.8 Å². The Bertz CT molecular complexity index is 348. The van der Waals surface area contributed by atoms with Crippen molar-refractivity contribution in [2.24, 2.45) is 0 Å². The third-order valence-electron chi connectivity index (χ3n) is 2.33. The van der Waals surface area contributed by atoms with Gasteiger partial charge in [-0.1, -0.05) is 0 Å². The monoisotopic (exact) mass is 386 g/mol. The van der Waals surface area contributed by atoms with Gasteiger partial charge in [-0.3, -0.25) is 0 Å². The number of hydrogen-bond acceptors (Lipinski definition) is 5. The zero-order valence-electron chi connectivity index (χ0n) is 13.8. The van der Waals surface area contributed by atoms with Crippen molar-refractivity contribution in [3.05, 3.63) is 9.24 Å². The molecule has 0 saturated heterocycles. The van der Waals surface area contributed by atoms with E-state index in [1.165, 1.54) is 0 Å². The fraction of sp³-hybridized carbons (Fsp3) is 0.846. The Kier molecular flexibility index (Phi) is 9.85. The molecule has 0 spiro atoms. The molecule has 7 heteroatoms. The van der Waals surface area contributed by atoms with Gasteiger partial charge in [0.05, 0.1) is 0 Å². The Morgan fingerprint density at radius 1 is 1.00 bits per heavy atom. The second-order valence-corrected chi connectivity index (χ2v) is 19.7. The van der Waals surface area contributed by atoms with Crippen LogP contribution in [-0.4, -0.2) is 38.8 Å². The fourth-order valence-electron chi connectivity index (χ4n) is 1.78. The molecule has 0 aromatic carbocycles. The summed E-state index contributed by atoms with van der Waals surface area (Å²) in [6.07, 6.45) is 0. The van der Waals surface area contributed by atoms with E-state index in [0.717, 1.165) is 15.0 Å². The van der Waals surface area contributed by atoms with Crippen molar-refractivity contribution in [1.29, 1.82) is 0 Å². The third kappa shape index (κ3) is 6.14. The second-order valence-electron chi connectivity index (χ2n) is 5.09. The van der Waals surface area contributed by atoms with Crippen LogP contribution in [0.2, 0.25) is 17.3 Å². The predicted molar refractivity (Wildman–Crippen MR) is 91.0 cm³/mol. The molecule has 20 heavy (non-hydrogen) atoms. The molecule has 0 atom stereocenters. The standard InChI is InChI=1S/C13H29GeO4PS/c1-8-16-13(20-11-4)12(14(5,6)7)19(15,17-9-2)18-10-3/h8-11H2,1-7H3/b13-12+. The van der Waals surface area contributed by atoms with E-state index in [9.17, 15) is 4.57 Å². The van der Waals surface area contributed by atoms with Crippen LogP contribution >= 0.6 is 19.4 Å². The van der Waals surface area contributed by atoms with Crippen molar-refractivity contribution in [2.75, 3.05) is 25.6 Å². The molecule has 0 amide bonds. The maximum absolute atomic E-state index is 13.2. The van der Waals surface area contributed by atoms with Crippen LogP contribution in [-0.2, 0) is 18.3 Å². The molecule has 0 aliphatic carbocycles. The Hall–Kier alpha value is 0.583. The maximum atomic E-state index is 13.2. The summed E-state index contributed by atoms with van der Waals surface area (Å²) in [5, 5.41) is 0.757. The first kappa shape index (κ1) is 20.6. The van der Waals surface area contributed by atoms with Gasteiger partial charge in [0.2, 0.25) is 0 Å². The molecule has 0 aromatic rings. The summed E-state index contributed by atoms with van der Waals surface area (Å²) in [6.45, 7) is 8.98. The molecule has 0 heterocycles. The van der Waals surface area contributed by atoms with Gasteiger partial charge in [0, 0.05) is 0 Å². The summed E-state index contributed by atoms with van der Waals surface area (Å²) in [6, 6.07) is 0. The molecule has 0 aliphatic rings. The molecule has 0 radical (unpaired) electrons. The number of rotatable bonds is 10. The topological polar surface area (TPSA) is 44.8 Å². The minimum absolute atomic E-state index is 0.370. The van der Waals surface area contributed by atoms with E-state index in [0.29, 0.717) is 19.8 Å². The summed E-state index contributed by atoms with van der Waals surface area (Å²) in [5.74, 6) is 7.44. The van der Waals surface area contributed by atoms with Crippen LogP contribution in [0.15, 0.2) is 9.24 Å². The van der Waals surface area contributed by atoms with Gasteiger partial charge in [0.25, 0.3) is 0 Å². The first-order valence-electron chi connectivity index (χ1n) is 7.16. The molecular weight excluding hydrogens is 356 g/mol. The molecule has 0 unspecified atom stereocenters. The molecule has 0 N–H and O–H groups in total. The number of hydrogen-bond donors (Lipinski definition) is 0. The zero-order chi connectivity index (χ0) is 15.8. The predicted octanol–water partition coefficient (Wildman–Crippen LogP) is 5.09. The molecule has 0 aromatic heterocycles. The molecule has 0 rings (SSSR count). The normalized spacial score (nSPS) is 14.2. The molecular formula is C13H29GeO4PS. The molecule has 0 saturated carbocycles. The molecule has 4 nitrogen and oxygen atoms in total. The molecule has 0 bridgehead atoms. The van der Waals surface area contributed by atoms with Gasteiger partial charge in [0.1, 0.15) is 0 Å². The molecule has 0 fully saturated rings. The molecule has 120 valence electrons. The van der Waals surface area contributed by atoms with Gasteiger partial charge in [-0.15, -0.1) is 0 Å². The Morgan fingerprint density at radius 2 is 1.50 bits per heavy atom. The van der Waals surface area contributed by atoms with Crippen molar-refractivity contribution in [1.82, 2.24) is 0 Å². The summed E-state index contributed by atoms with van der Waals surface area (Å²) in [7, 11) is -3.25. The fourth-order valence-corrected chi connectivity index (χ4v) is 14.5. The average molecular weight is 385 g/mol. The zero-order valence-corrected chi connectivity index (χ0v) is 17.6. The summed E-state index contributed by atoms with van der Waals surface area (Å²) >= 11 is -0.872. The Balaban J connectivity index is 5.95. The van der Waals surface area contributed by atoms with Crippen LogP contribution in [0.3, 0.4) is 0 Å². The van der Waals surface area contributed by atoms with Crippen LogP contribution in [0.5, 0.6) is 0 Å². The quantitative estimate of drug-likeness (QED) is 0.298.